The second kappa shape index (κ2) is 8.38. The van der Waals surface area contributed by atoms with Gasteiger partial charge in [0.1, 0.15) is 0 Å². The van der Waals surface area contributed by atoms with Gasteiger partial charge < -0.3 is 10.4 Å². The van der Waals surface area contributed by atoms with Crippen LogP contribution in [-0.2, 0) is 4.79 Å². The molecule has 0 radical (unpaired) electrons. The van der Waals surface area contributed by atoms with E-state index in [1.54, 1.807) is 12.2 Å². The summed E-state index contributed by atoms with van der Waals surface area (Å²) < 4.78 is 0. The van der Waals surface area contributed by atoms with E-state index < -0.39 is 5.97 Å². The smallest absolute Gasteiger partial charge is 0.307 e. The quantitative estimate of drug-likeness (QED) is 0.334. The summed E-state index contributed by atoms with van der Waals surface area (Å²) in [7, 11) is 0. The van der Waals surface area contributed by atoms with Crippen molar-refractivity contribution in [3.63, 3.8) is 0 Å². The van der Waals surface area contributed by atoms with Crippen LogP contribution in [0.2, 0.25) is 0 Å². The summed E-state index contributed by atoms with van der Waals surface area (Å²) in [5.41, 5.74) is 1.69. The molecule has 0 amide bonds. The van der Waals surface area contributed by atoms with E-state index in [2.05, 4.69) is 15.6 Å². The highest BCUT2D eigenvalue weighted by Gasteiger charge is 2.00. The molecule has 0 saturated heterocycles. The molecule has 0 unspecified atom stereocenters. The molecule has 0 heterocycles. The molecule has 3 N–H and O–H groups in total. The highest BCUT2D eigenvalue weighted by atomic mass is 16.4. The summed E-state index contributed by atoms with van der Waals surface area (Å²) in [6.45, 7) is 3.83. The minimum Gasteiger partial charge on any atom is -0.481 e. The summed E-state index contributed by atoms with van der Waals surface area (Å²) in [6, 6.07) is 7.41. The van der Waals surface area contributed by atoms with Gasteiger partial charge in [-0.1, -0.05) is 24.3 Å². The number of nitrogens with zero attached hydrogens (tertiary/aromatic N) is 2. The molecule has 0 aliphatic heterocycles. The van der Waals surface area contributed by atoms with Crippen molar-refractivity contribution in [2.24, 2.45) is 4.99 Å². The number of hydrogen-bond donors (Lipinski definition) is 3. The molecule has 1 aromatic rings. The van der Waals surface area contributed by atoms with E-state index >= 15 is 0 Å². The number of hydrogen-bond acceptors (Lipinski definition) is 3. The van der Waals surface area contributed by atoms with Crippen LogP contribution in [0.25, 0.3) is 6.08 Å². The van der Waals surface area contributed by atoms with Crippen molar-refractivity contribution >= 4 is 23.7 Å². The average molecular weight is 286 g/mol. The van der Waals surface area contributed by atoms with Crippen molar-refractivity contribution in [3.05, 3.63) is 35.9 Å². The molecule has 0 saturated carbocycles. The predicted octanol–water partition coefficient (Wildman–Crippen LogP) is 2.42. The molecule has 21 heavy (non-hydrogen) atoms. The number of anilines is 1. The third-order valence-corrected chi connectivity index (χ3v) is 2.34. The second-order valence-electron chi connectivity index (χ2n) is 4.56. The Labute approximate surface area is 123 Å². The van der Waals surface area contributed by atoms with Gasteiger partial charge in [0, 0.05) is 11.7 Å². The van der Waals surface area contributed by atoms with Crippen LogP contribution < -0.4 is 10.6 Å². The van der Waals surface area contributed by atoms with E-state index in [1.165, 1.54) is 0 Å². The van der Waals surface area contributed by atoms with Gasteiger partial charge in [0.15, 0.2) is 6.19 Å². The van der Waals surface area contributed by atoms with Crippen LogP contribution in [0, 0.1) is 11.5 Å². The Morgan fingerprint density at radius 3 is 2.62 bits per heavy atom. The zero-order chi connectivity index (χ0) is 15.7. The minimum absolute atomic E-state index is 0.00269. The summed E-state index contributed by atoms with van der Waals surface area (Å²) in [4.78, 5) is 14.7. The van der Waals surface area contributed by atoms with Crippen molar-refractivity contribution < 1.29 is 9.90 Å². The number of aliphatic carboxylic acids is 1. The maximum absolute atomic E-state index is 10.4. The van der Waals surface area contributed by atoms with Crippen LogP contribution in [0.1, 0.15) is 25.8 Å². The van der Waals surface area contributed by atoms with Gasteiger partial charge in [-0.2, -0.15) is 5.26 Å². The first-order chi connectivity index (χ1) is 10.0. The normalized spacial score (nSPS) is 11.4. The highest BCUT2D eigenvalue weighted by molar-refractivity contribution is 5.94. The molecular formula is C15H18N4O2. The van der Waals surface area contributed by atoms with E-state index in [4.69, 9.17) is 10.4 Å². The number of guanidine groups is 1. The number of rotatable bonds is 5. The zero-order valence-corrected chi connectivity index (χ0v) is 12.0. The lowest BCUT2D eigenvalue weighted by molar-refractivity contribution is -0.135. The summed E-state index contributed by atoms with van der Waals surface area (Å²) >= 11 is 0. The number of carbonyl (C=O) groups is 1. The first-order valence-electron chi connectivity index (χ1n) is 6.49. The number of nitrogens with one attached hydrogen (secondary N) is 2. The number of carboxylic acids is 1. The van der Waals surface area contributed by atoms with Crippen molar-refractivity contribution in [3.8, 4) is 6.19 Å². The summed E-state index contributed by atoms with van der Waals surface area (Å²) in [5.74, 6) is -0.469. The molecule has 0 aliphatic rings. The predicted molar refractivity (Wildman–Crippen MR) is 82.7 cm³/mol. The molecule has 0 aromatic heterocycles. The minimum atomic E-state index is -0.860. The van der Waals surface area contributed by atoms with Gasteiger partial charge >= 0.3 is 5.97 Å². The lowest BCUT2D eigenvalue weighted by atomic mass is 10.2. The molecule has 0 atom stereocenters. The summed E-state index contributed by atoms with van der Waals surface area (Å²) in [6.07, 6.45) is 5.17. The molecular weight excluding hydrogens is 268 g/mol. The van der Waals surface area contributed by atoms with Gasteiger partial charge in [-0.15, -0.1) is 0 Å². The fourth-order valence-corrected chi connectivity index (χ4v) is 1.52. The fourth-order valence-electron chi connectivity index (χ4n) is 1.52. The number of nitriles is 1. The SMILES string of the molecule is CC(C)N=C(NC#N)Nc1ccc(C=CCC(=O)O)cc1. The van der Waals surface area contributed by atoms with Crippen LogP contribution in [-0.4, -0.2) is 23.1 Å². The zero-order valence-electron chi connectivity index (χ0n) is 12.0. The topological polar surface area (TPSA) is 97.5 Å². The second-order valence-corrected chi connectivity index (χ2v) is 4.56. The Hall–Kier alpha value is -2.81. The highest BCUT2D eigenvalue weighted by Crippen LogP contribution is 2.11. The Morgan fingerprint density at radius 1 is 1.43 bits per heavy atom. The average Bonchev–Trinajstić information content (AvgIpc) is 2.40. The molecule has 6 heteroatoms. The maximum Gasteiger partial charge on any atom is 0.307 e. The maximum atomic E-state index is 10.4. The monoisotopic (exact) mass is 286 g/mol. The Kier molecular flexibility index (Phi) is 6.48. The van der Waals surface area contributed by atoms with Gasteiger partial charge in [-0.25, -0.2) is 4.99 Å². The lowest BCUT2D eigenvalue weighted by Gasteiger charge is -2.09. The summed E-state index contributed by atoms with van der Waals surface area (Å²) in [5, 5.41) is 22.7. The van der Waals surface area contributed by atoms with Crippen molar-refractivity contribution in [1.82, 2.24) is 5.32 Å². The number of benzene rings is 1. The first-order valence-corrected chi connectivity index (χ1v) is 6.49. The fraction of sp³-hybridized carbons (Fsp3) is 0.267. The van der Waals surface area contributed by atoms with E-state index in [1.807, 2.05) is 44.3 Å². The molecule has 0 bridgehead atoms. The van der Waals surface area contributed by atoms with E-state index in [9.17, 15) is 4.79 Å². The Balaban J connectivity index is 2.71. The van der Waals surface area contributed by atoms with Crippen molar-refractivity contribution in [2.75, 3.05) is 5.32 Å². The Morgan fingerprint density at radius 2 is 2.10 bits per heavy atom. The van der Waals surface area contributed by atoms with E-state index in [-0.39, 0.29) is 12.5 Å². The van der Waals surface area contributed by atoms with Crippen molar-refractivity contribution in [1.29, 1.82) is 5.26 Å². The van der Waals surface area contributed by atoms with Gasteiger partial charge in [-0.3, -0.25) is 10.1 Å². The Bertz CT molecular complexity index is 568. The first kappa shape index (κ1) is 16.2. The molecule has 1 aromatic carbocycles. The van der Waals surface area contributed by atoms with Crippen LogP contribution in [0.4, 0.5) is 5.69 Å². The molecule has 0 spiro atoms. The molecule has 110 valence electrons. The number of carboxylic acid groups (broad SMARTS) is 1. The third-order valence-electron chi connectivity index (χ3n) is 2.34. The van der Waals surface area contributed by atoms with Gasteiger partial charge in [0.2, 0.25) is 5.96 Å². The van der Waals surface area contributed by atoms with Gasteiger partial charge in [0.25, 0.3) is 0 Å². The van der Waals surface area contributed by atoms with Gasteiger partial charge in [-0.05, 0) is 31.5 Å². The molecule has 6 nitrogen and oxygen atoms in total. The molecule has 1 rings (SSSR count). The van der Waals surface area contributed by atoms with Crippen LogP contribution in [0.15, 0.2) is 35.3 Å². The molecule has 0 fully saturated rings. The van der Waals surface area contributed by atoms with E-state index in [0.29, 0.717) is 5.96 Å². The lowest BCUT2D eigenvalue weighted by Crippen LogP contribution is -2.27. The standard InChI is InChI=1S/C15H18N4O2/c1-11(2)18-15(17-10-16)19-13-8-6-12(7-9-13)4-3-5-14(20)21/h3-4,6-9,11H,5H2,1-2H3,(H,20,21)(H2,17,18,19). The van der Waals surface area contributed by atoms with Gasteiger partial charge in [0.05, 0.1) is 6.42 Å². The molecule has 0 aliphatic carbocycles. The number of aliphatic imine (C=N–C) groups is 1. The van der Waals surface area contributed by atoms with Crippen molar-refractivity contribution in [2.45, 2.75) is 26.3 Å². The largest absolute Gasteiger partial charge is 0.481 e. The third kappa shape index (κ3) is 6.78. The van der Waals surface area contributed by atoms with Crippen LogP contribution in [0.5, 0.6) is 0 Å². The van der Waals surface area contributed by atoms with Crippen LogP contribution >= 0.6 is 0 Å². The van der Waals surface area contributed by atoms with E-state index in [0.717, 1.165) is 11.3 Å². The van der Waals surface area contributed by atoms with Crippen LogP contribution in [0.3, 0.4) is 0 Å².